The lowest BCUT2D eigenvalue weighted by Gasteiger charge is -2.35. The third kappa shape index (κ3) is 5.16. The molecule has 0 aliphatic carbocycles. The Morgan fingerprint density at radius 2 is 1.58 bits per heavy atom. The molecule has 1 aliphatic rings. The van der Waals surface area contributed by atoms with Crippen LogP contribution < -0.4 is 0 Å². The van der Waals surface area contributed by atoms with Gasteiger partial charge in [0.1, 0.15) is 5.60 Å². The van der Waals surface area contributed by atoms with E-state index in [0.717, 1.165) is 5.75 Å². The summed E-state index contributed by atoms with van der Waals surface area (Å²) in [6.45, 7) is 7.63. The average Bonchev–Trinajstić information content (AvgIpc) is 2.54. The molecule has 132 valence electrons. The van der Waals surface area contributed by atoms with Crippen molar-refractivity contribution in [3.63, 3.8) is 0 Å². The van der Waals surface area contributed by atoms with E-state index in [1.807, 2.05) is 45.0 Å². The highest BCUT2D eigenvalue weighted by Gasteiger charge is 2.27. The summed E-state index contributed by atoms with van der Waals surface area (Å²) in [5.74, 6) is 0.970. The largest absolute Gasteiger partial charge is 0.444 e. The number of nitrogens with zero attached hydrogens (tertiary/aromatic N) is 2. The standard InChI is InChI=1S/C18H26N2O3S/c1-18(2,3)23-17(22)20-11-9-19(10-12-20)16(21)15-7-5-14(6-8-15)13-24-4/h5-8H,9-13H2,1-4H3. The van der Waals surface area contributed by atoms with E-state index in [1.54, 1.807) is 21.6 Å². The first-order valence-electron chi connectivity index (χ1n) is 8.15. The number of carbonyl (C=O) groups is 2. The molecule has 5 nitrogen and oxygen atoms in total. The molecule has 0 aromatic heterocycles. The molecule has 2 amide bonds. The van der Waals surface area contributed by atoms with Gasteiger partial charge in [0.25, 0.3) is 5.91 Å². The van der Waals surface area contributed by atoms with E-state index < -0.39 is 5.60 Å². The van der Waals surface area contributed by atoms with Crippen molar-refractivity contribution in [1.29, 1.82) is 0 Å². The fraction of sp³-hybridized carbons (Fsp3) is 0.556. The molecular weight excluding hydrogens is 324 g/mol. The van der Waals surface area contributed by atoms with Gasteiger partial charge >= 0.3 is 6.09 Å². The minimum absolute atomic E-state index is 0.0227. The minimum Gasteiger partial charge on any atom is -0.444 e. The maximum absolute atomic E-state index is 12.6. The smallest absolute Gasteiger partial charge is 0.410 e. The van der Waals surface area contributed by atoms with E-state index in [-0.39, 0.29) is 12.0 Å². The number of thioether (sulfide) groups is 1. The van der Waals surface area contributed by atoms with E-state index in [4.69, 9.17) is 4.74 Å². The Balaban J connectivity index is 1.89. The molecule has 1 saturated heterocycles. The van der Waals surface area contributed by atoms with Gasteiger partial charge in [-0.2, -0.15) is 11.8 Å². The first kappa shape index (κ1) is 18.6. The van der Waals surface area contributed by atoms with Gasteiger partial charge in [0, 0.05) is 37.5 Å². The zero-order chi connectivity index (χ0) is 17.7. The molecule has 1 aromatic carbocycles. The van der Waals surface area contributed by atoms with Crippen molar-refractivity contribution < 1.29 is 14.3 Å². The lowest BCUT2D eigenvalue weighted by molar-refractivity contribution is 0.0141. The van der Waals surface area contributed by atoms with Crippen molar-refractivity contribution in [2.45, 2.75) is 32.1 Å². The first-order chi connectivity index (χ1) is 11.3. The molecule has 0 N–H and O–H groups in total. The molecule has 1 fully saturated rings. The van der Waals surface area contributed by atoms with Crippen LogP contribution in [0.3, 0.4) is 0 Å². The molecule has 0 bridgehead atoms. The number of amides is 2. The number of hydrogen-bond donors (Lipinski definition) is 0. The van der Waals surface area contributed by atoms with Gasteiger partial charge in [-0.3, -0.25) is 4.79 Å². The first-order valence-corrected chi connectivity index (χ1v) is 9.54. The zero-order valence-corrected chi connectivity index (χ0v) is 15.7. The quantitative estimate of drug-likeness (QED) is 0.840. The van der Waals surface area contributed by atoms with Crippen LogP contribution in [0.1, 0.15) is 36.7 Å². The molecule has 1 aromatic rings. The molecule has 1 heterocycles. The summed E-state index contributed by atoms with van der Waals surface area (Å²) in [6, 6.07) is 7.77. The summed E-state index contributed by atoms with van der Waals surface area (Å²) in [6.07, 6.45) is 1.75. The Labute approximate surface area is 148 Å². The highest BCUT2D eigenvalue weighted by atomic mass is 32.2. The molecule has 0 atom stereocenters. The molecule has 1 aliphatic heterocycles. The van der Waals surface area contributed by atoms with E-state index in [9.17, 15) is 9.59 Å². The van der Waals surface area contributed by atoms with E-state index >= 15 is 0 Å². The number of benzene rings is 1. The zero-order valence-electron chi connectivity index (χ0n) is 14.9. The second-order valence-electron chi connectivity index (χ2n) is 6.89. The Morgan fingerprint density at radius 3 is 2.08 bits per heavy atom. The Bertz CT molecular complexity index is 573. The lowest BCUT2D eigenvalue weighted by Crippen LogP contribution is -2.51. The highest BCUT2D eigenvalue weighted by molar-refractivity contribution is 7.97. The summed E-state index contributed by atoms with van der Waals surface area (Å²) in [4.78, 5) is 28.1. The van der Waals surface area contributed by atoms with Crippen LogP contribution in [0, 0.1) is 0 Å². The lowest BCUT2D eigenvalue weighted by atomic mass is 10.1. The Morgan fingerprint density at radius 1 is 1.04 bits per heavy atom. The van der Waals surface area contributed by atoms with Crippen LogP contribution >= 0.6 is 11.8 Å². The maximum atomic E-state index is 12.6. The van der Waals surface area contributed by atoms with E-state index in [1.165, 1.54) is 5.56 Å². The number of ether oxygens (including phenoxy) is 1. The summed E-state index contributed by atoms with van der Waals surface area (Å²) in [5, 5.41) is 0. The van der Waals surface area contributed by atoms with Crippen LogP contribution in [0.25, 0.3) is 0 Å². The van der Waals surface area contributed by atoms with E-state index in [0.29, 0.717) is 31.7 Å². The number of carbonyl (C=O) groups excluding carboxylic acids is 2. The average molecular weight is 350 g/mol. The third-order valence-corrected chi connectivity index (χ3v) is 4.35. The second kappa shape index (κ2) is 7.92. The molecule has 0 radical (unpaired) electrons. The van der Waals surface area contributed by atoms with Crippen molar-refractivity contribution in [1.82, 2.24) is 9.80 Å². The van der Waals surface area contributed by atoms with Crippen LogP contribution in [-0.4, -0.2) is 59.8 Å². The maximum Gasteiger partial charge on any atom is 0.410 e. The fourth-order valence-corrected chi connectivity index (χ4v) is 3.04. The number of piperazine rings is 1. The third-order valence-electron chi connectivity index (χ3n) is 3.73. The van der Waals surface area contributed by atoms with Crippen molar-refractivity contribution in [3.8, 4) is 0 Å². The topological polar surface area (TPSA) is 49.9 Å². The SMILES string of the molecule is CSCc1ccc(C(=O)N2CCN(C(=O)OC(C)(C)C)CC2)cc1. The number of rotatable bonds is 3. The van der Waals surface area contributed by atoms with Gasteiger partial charge < -0.3 is 14.5 Å². The van der Waals surface area contributed by atoms with Crippen LogP contribution in [-0.2, 0) is 10.5 Å². The van der Waals surface area contributed by atoms with Gasteiger partial charge in [0.15, 0.2) is 0 Å². The monoisotopic (exact) mass is 350 g/mol. The van der Waals surface area contributed by atoms with Crippen LogP contribution in [0.2, 0.25) is 0 Å². The van der Waals surface area contributed by atoms with Gasteiger partial charge in [0.05, 0.1) is 0 Å². The molecule has 6 heteroatoms. The summed E-state index contributed by atoms with van der Waals surface area (Å²) in [7, 11) is 0. The van der Waals surface area contributed by atoms with Crippen molar-refractivity contribution in [2.24, 2.45) is 0 Å². The van der Waals surface area contributed by atoms with Crippen molar-refractivity contribution >= 4 is 23.8 Å². The van der Waals surface area contributed by atoms with Crippen LogP contribution in [0.15, 0.2) is 24.3 Å². The summed E-state index contributed by atoms with van der Waals surface area (Å²) in [5.41, 5.74) is 1.42. The summed E-state index contributed by atoms with van der Waals surface area (Å²) >= 11 is 1.76. The van der Waals surface area contributed by atoms with E-state index in [2.05, 4.69) is 6.26 Å². The summed E-state index contributed by atoms with van der Waals surface area (Å²) < 4.78 is 5.38. The molecule has 0 unspecified atom stereocenters. The molecule has 0 saturated carbocycles. The number of hydrogen-bond acceptors (Lipinski definition) is 4. The molecule has 2 rings (SSSR count). The van der Waals surface area contributed by atoms with Gasteiger partial charge in [-0.05, 0) is 44.7 Å². The Hall–Kier alpha value is -1.69. The van der Waals surface area contributed by atoms with Crippen molar-refractivity contribution in [2.75, 3.05) is 32.4 Å². The minimum atomic E-state index is -0.497. The molecule has 24 heavy (non-hydrogen) atoms. The van der Waals surface area contributed by atoms with Gasteiger partial charge in [-0.1, -0.05) is 12.1 Å². The molecular formula is C18H26N2O3S. The predicted molar refractivity (Wildman–Crippen MR) is 97.4 cm³/mol. The van der Waals surface area contributed by atoms with Gasteiger partial charge in [-0.25, -0.2) is 4.79 Å². The molecule has 0 spiro atoms. The van der Waals surface area contributed by atoms with Crippen LogP contribution in [0.4, 0.5) is 4.79 Å². The van der Waals surface area contributed by atoms with Gasteiger partial charge in [-0.15, -0.1) is 0 Å². The van der Waals surface area contributed by atoms with Gasteiger partial charge in [0.2, 0.25) is 0 Å². The Kier molecular flexibility index (Phi) is 6.15. The second-order valence-corrected chi connectivity index (χ2v) is 7.76. The predicted octanol–water partition coefficient (Wildman–Crippen LogP) is 3.24. The van der Waals surface area contributed by atoms with Crippen LogP contribution in [0.5, 0.6) is 0 Å². The highest BCUT2D eigenvalue weighted by Crippen LogP contribution is 2.15. The fourth-order valence-electron chi connectivity index (χ4n) is 2.51. The normalized spacial score (nSPS) is 15.3. The van der Waals surface area contributed by atoms with Crippen molar-refractivity contribution in [3.05, 3.63) is 35.4 Å².